The summed E-state index contributed by atoms with van der Waals surface area (Å²) in [7, 11) is 0. The maximum atomic E-state index is 14.0. The molecule has 0 aliphatic heterocycles. The van der Waals surface area contributed by atoms with Crippen LogP contribution in [0.1, 0.15) is 26.3 Å². The van der Waals surface area contributed by atoms with Gasteiger partial charge in [0.25, 0.3) is 0 Å². The van der Waals surface area contributed by atoms with Gasteiger partial charge in [-0.1, -0.05) is 24.3 Å². The van der Waals surface area contributed by atoms with Crippen LogP contribution in [0.4, 0.5) is 17.6 Å². The third-order valence-electron chi connectivity index (χ3n) is 3.58. The molecule has 0 saturated heterocycles. The van der Waals surface area contributed by atoms with Gasteiger partial charge in [0.2, 0.25) is 17.3 Å². The van der Waals surface area contributed by atoms with Gasteiger partial charge in [-0.2, -0.15) is 4.39 Å². The average molecular weight is 336 g/mol. The SMILES string of the molecule is Cc1c(F)c(F)c(F)c(OC2=CC(=O)c3ccccc3C2=O)c1F. The first-order chi connectivity index (χ1) is 11.3. The van der Waals surface area contributed by atoms with Crippen molar-refractivity contribution >= 4 is 11.6 Å². The van der Waals surface area contributed by atoms with Crippen LogP contribution in [-0.4, -0.2) is 11.6 Å². The van der Waals surface area contributed by atoms with Crippen molar-refractivity contribution in [1.82, 2.24) is 0 Å². The molecular weight excluding hydrogens is 328 g/mol. The van der Waals surface area contributed by atoms with E-state index in [2.05, 4.69) is 0 Å². The summed E-state index contributed by atoms with van der Waals surface area (Å²) in [6.45, 7) is 0.886. The lowest BCUT2D eigenvalue weighted by atomic mass is 9.94. The van der Waals surface area contributed by atoms with Gasteiger partial charge in [0.15, 0.2) is 29.0 Å². The third kappa shape index (κ3) is 2.29. The summed E-state index contributed by atoms with van der Waals surface area (Å²) in [6, 6.07) is 5.79. The van der Waals surface area contributed by atoms with Gasteiger partial charge in [-0.3, -0.25) is 9.59 Å². The number of rotatable bonds is 2. The lowest BCUT2D eigenvalue weighted by Gasteiger charge is -2.17. The minimum Gasteiger partial charge on any atom is -0.447 e. The predicted molar refractivity (Wildman–Crippen MR) is 74.8 cm³/mol. The van der Waals surface area contributed by atoms with Crippen LogP contribution in [0.3, 0.4) is 0 Å². The zero-order chi connectivity index (χ0) is 17.6. The Morgan fingerprint density at radius 1 is 0.833 bits per heavy atom. The first-order valence-corrected chi connectivity index (χ1v) is 6.73. The second-order valence-electron chi connectivity index (χ2n) is 5.06. The number of fused-ring (bicyclic) bond motifs is 1. The second kappa shape index (κ2) is 5.59. The molecule has 3 nitrogen and oxygen atoms in total. The first-order valence-electron chi connectivity index (χ1n) is 6.73. The van der Waals surface area contributed by atoms with Gasteiger partial charge in [-0.05, 0) is 6.92 Å². The lowest BCUT2D eigenvalue weighted by molar-refractivity contribution is 0.0943. The molecule has 0 N–H and O–H groups in total. The predicted octanol–water partition coefficient (Wildman–Crippen LogP) is 3.89. The van der Waals surface area contributed by atoms with Crippen molar-refractivity contribution in [3.8, 4) is 5.75 Å². The van der Waals surface area contributed by atoms with Gasteiger partial charge in [-0.25, -0.2) is 13.2 Å². The number of carbonyl (C=O) groups is 2. The maximum absolute atomic E-state index is 14.0. The van der Waals surface area contributed by atoms with Gasteiger partial charge in [0.05, 0.1) is 0 Å². The summed E-state index contributed by atoms with van der Waals surface area (Å²) in [5.74, 6) is -10.4. The van der Waals surface area contributed by atoms with E-state index in [0.29, 0.717) is 0 Å². The number of carbonyl (C=O) groups excluding carboxylic acids is 2. The molecular formula is C17H8F4O3. The van der Waals surface area contributed by atoms with E-state index in [1.807, 2.05) is 0 Å². The normalized spacial score (nSPS) is 13.6. The molecule has 2 aromatic carbocycles. The summed E-state index contributed by atoms with van der Waals surface area (Å²) in [6.07, 6.45) is 0.750. The van der Waals surface area contributed by atoms with Gasteiger partial charge in [0, 0.05) is 22.8 Å². The number of hydrogen-bond acceptors (Lipinski definition) is 3. The topological polar surface area (TPSA) is 43.4 Å². The zero-order valence-electron chi connectivity index (χ0n) is 12.1. The fraction of sp³-hybridized carbons (Fsp3) is 0.0588. The number of Topliss-reactive ketones (excluding diaryl/α,β-unsaturated/α-hetero) is 1. The molecule has 0 amide bonds. The highest BCUT2D eigenvalue weighted by Crippen LogP contribution is 2.32. The van der Waals surface area contributed by atoms with Crippen molar-refractivity contribution in [2.75, 3.05) is 0 Å². The number of allylic oxidation sites excluding steroid dienone is 2. The van der Waals surface area contributed by atoms with Gasteiger partial charge in [-0.15, -0.1) is 0 Å². The highest BCUT2D eigenvalue weighted by atomic mass is 19.2. The fourth-order valence-electron chi connectivity index (χ4n) is 2.29. The second-order valence-corrected chi connectivity index (χ2v) is 5.06. The summed E-state index contributed by atoms with van der Waals surface area (Å²) < 4.78 is 59.3. The summed E-state index contributed by atoms with van der Waals surface area (Å²) in [4.78, 5) is 24.2. The number of halogens is 4. The van der Waals surface area contributed by atoms with E-state index in [9.17, 15) is 27.2 Å². The van der Waals surface area contributed by atoms with E-state index in [1.165, 1.54) is 18.2 Å². The minimum absolute atomic E-state index is 0.0138. The lowest BCUT2D eigenvalue weighted by Crippen LogP contribution is -2.21. The molecule has 1 aliphatic rings. The Labute approximate surface area is 133 Å². The Morgan fingerprint density at radius 3 is 2.12 bits per heavy atom. The van der Waals surface area contributed by atoms with Gasteiger partial charge < -0.3 is 4.74 Å². The quantitative estimate of drug-likeness (QED) is 0.475. The van der Waals surface area contributed by atoms with Crippen LogP contribution in [0, 0.1) is 30.2 Å². The minimum atomic E-state index is -1.93. The van der Waals surface area contributed by atoms with E-state index >= 15 is 0 Å². The monoisotopic (exact) mass is 336 g/mol. The first kappa shape index (κ1) is 15.9. The van der Waals surface area contributed by atoms with Crippen LogP contribution in [0.25, 0.3) is 0 Å². The highest BCUT2D eigenvalue weighted by molar-refractivity contribution is 6.23. The molecule has 0 atom stereocenters. The van der Waals surface area contributed by atoms with Gasteiger partial charge >= 0.3 is 0 Å². The molecule has 3 rings (SSSR count). The third-order valence-corrected chi connectivity index (χ3v) is 3.58. The van der Waals surface area contributed by atoms with Crippen molar-refractivity contribution in [2.45, 2.75) is 6.92 Å². The van der Waals surface area contributed by atoms with Crippen LogP contribution in [0.5, 0.6) is 5.75 Å². The van der Waals surface area contributed by atoms with E-state index in [0.717, 1.165) is 13.0 Å². The molecule has 24 heavy (non-hydrogen) atoms. The molecule has 1 aliphatic carbocycles. The van der Waals surface area contributed by atoms with E-state index < -0.39 is 51.9 Å². The molecule has 122 valence electrons. The number of benzene rings is 2. The Hall–Kier alpha value is -2.96. The Bertz CT molecular complexity index is 903. The van der Waals surface area contributed by atoms with Crippen molar-refractivity contribution in [3.63, 3.8) is 0 Å². The smallest absolute Gasteiger partial charge is 0.229 e. The number of ether oxygens (including phenoxy) is 1. The summed E-state index contributed by atoms with van der Waals surface area (Å²) >= 11 is 0. The molecule has 0 unspecified atom stereocenters. The van der Waals surface area contributed by atoms with E-state index in [1.54, 1.807) is 6.07 Å². The summed E-state index contributed by atoms with van der Waals surface area (Å²) in [5.41, 5.74) is -0.711. The largest absolute Gasteiger partial charge is 0.447 e. The maximum Gasteiger partial charge on any atom is 0.229 e. The molecule has 0 radical (unpaired) electrons. The molecule has 0 spiro atoms. The Morgan fingerprint density at radius 2 is 1.46 bits per heavy atom. The number of ketones is 2. The van der Waals surface area contributed by atoms with Crippen molar-refractivity contribution < 1.29 is 31.9 Å². The van der Waals surface area contributed by atoms with Gasteiger partial charge in [0.1, 0.15) is 0 Å². The number of hydrogen-bond donors (Lipinski definition) is 0. The standard InChI is InChI=1S/C17H8F4O3/c1-7-12(18)14(20)15(21)17(13(7)19)24-11-6-10(22)8-4-2-3-5-9(8)16(11)23/h2-6H,1H3. The molecule has 0 heterocycles. The molecule has 0 aromatic heterocycles. The van der Waals surface area contributed by atoms with Crippen LogP contribution < -0.4 is 4.74 Å². The Kier molecular flexibility index (Phi) is 3.71. The molecule has 0 bridgehead atoms. The zero-order valence-corrected chi connectivity index (χ0v) is 12.1. The van der Waals surface area contributed by atoms with Crippen LogP contribution >= 0.6 is 0 Å². The highest BCUT2D eigenvalue weighted by Gasteiger charge is 2.31. The van der Waals surface area contributed by atoms with Crippen molar-refractivity contribution in [2.24, 2.45) is 0 Å². The van der Waals surface area contributed by atoms with Crippen LogP contribution in [-0.2, 0) is 0 Å². The summed E-state index contributed by atoms with van der Waals surface area (Å²) in [5, 5.41) is 0. The van der Waals surface area contributed by atoms with Crippen molar-refractivity contribution in [3.05, 3.63) is 76.1 Å². The molecule has 0 fully saturated rings. The van der Waals surface area contributed by atoms with Crippen molar-refractivity contribution in [1.29, 1.82) is 0 Å². The fourth-order valence-corrected chi connectivity index (χ4v) is 2.29. The van der Waals surface area contributed by atoms with E-state index in [4.69, 9.17) is 4.74 Å². The average Bonchev–Trinajstić information content (AvgIpc) is 2.59. The molecule has 2 aromatic rings. The van der Waals surface area contributed by atoms with Crippen LogP contribution in [0.15, 0.2) is 36.1 Å². The Balaban J connectivity index is 2.08. The van der Waals surface area contributed by atoms with Crippen LogP contribution in [0.2, 0.25) is 0 Å². The molecule has 7 heteroatoms. The van der Waals surface area contributed by atoms with E-state index in [-0.39, 0.29) is 11.1 Å². The molecule has 0 saturated carbocycles.